The quantitative estimate of drug-likeness (QED) is 0.334. The van der Waals surface area contributed by atoms with Crippen molar-refractivity contribution in [2.24, 2.45) is 0 Å². The lowest BCUT2D eigenvalue weighted by atomic mass is 9.97. The van der Waals surface area contributed by atoms with E-state index in [0.29, 0.717) is 24.2 Å². The Morgan fingerprint density at radius 1 is 0.941 bits per heavy atom. The normalized spacial score (nSPS) is 13.0. The Kier molecular flexibility index (Phi) is 8.62. The summed E-state index contributed by atoms with van der Waals surface area (Å²) < 4.78 is 1.99. The van der Waals surface area contributed by atoms with Crippen molar-refractivity contribution in [3.63, 3.8) is 0 Å². The molecule has 7 nitrogen and oxygen atoms in total. The average molecular weight is 465 g/mol. The van der Waals surface area contributed by atoms with Crippen LogP contribution in [0.1, 0.15) is 55.1 Å². The highest BCUT2D eigenvalue weighted by atomic mass is 16.4. The molecule has 3 rings (SSSR count). The third kappa shape index (κ3) is 6.56. The van der Waals surface area contributed by atoms with Crippen molar-refractivity contribution in [1.82, 2.24) is 4.57 Å². The molecule has 0 aliphatic carbocycles. The van der Waals surface area contributed by atoms with Crippen molar-refractivity contribution < 1.29 is 24.9 Å². The van der Waals surface area contributed by atoms with Crippen LogP contribution in [0, 0.1) is 0 Å². The van der Waals surface area contributed by atoms with Gasteiger partial charge in [-0.25, -0.2) is 0 Å². The third-order valence-electron chi connectivity index (χ3n) is 5.67. The first-order valence-electron chi connectivity index (χ1n) is 11.5. The van der Waals surface area contributed by atoms with E-state index in [-0.39, 0.29) is 18.2 Å². The fraction of sp³-hybridized carbons (Fsp3) is 0.333. The molecule has 7 heteroatoms. The Bertz CT molecular complexity index is 1090. The summed E-state index contributed by atoms with van der Waals surface area (Å²) in [5.41, 5.74) is 3.87. The molecular weight excluding hydrogens is 432 g/mol. The van der Waals surface area contributed by atoms with Gasteiger partial charge in [0.25, 0.3) is 5.91 Å². The molecule has 0 aliphatic rings. The first kappa shape index (κ1) is 25.2. The third-order valence-corrected chi connectivity index (χ3v) is 5.67. The monoisotopic (exact) mass is 464 g/mol. The second-order valence-electron chi connectivity index (χ2n) is 8.77. The molecule has 0 saturated heterocycles. The van der Waals surface area contributed by atoms with E-state index >= 15 is 0 Å². The largest absolute Gasteiger partial charge is 0.481 e. The van der Waals surface area contributed by atoms with E-state index < -0.39 is 24.6 Å². The minimum absolute atomic E-state index is 0.0164. The number of nitrogens with one attached hydrogen (secondary N) is 1. The molecule has 3 aromatic rings. The Balaban J connectivity index is 1.92. The van der Waals surface area contributed by atoms with Gasteiger partial charge in [-0.05, 0) is 36.5 Å². The van der Waals surface area contributed by atoms with E-state index in [4.69, 9.17) is 5.11 Å². The zero-order valence-electron chi connectivity index (χ0n) is 19.5. The predicted molar refractivity (Wildman–Crippen MR) is 132 cm³/mol. The van der Waals surface area contributed by atoms with Crippen LogP contribution in [0.5, 0.6) is 0 Å². The first-order valence-corrected chi connectivity index (χ1v) is 11.5. The molecule has 2 unspecified atom stereocenters. The Morgan fingerprint density at radius 3 is 2.15 bits per heavy atom. The van der Waals surface area contributed by atoms with Gasteiger partial charge in [0.1, 0.15) is 0 Å². The number of anilines is 1. The summed E-state index contributed by atoms with van der Waals surface area (Å²) >= 11 is 0. The van der Waals surface area contributed by atoms with E-state index in [1.807, 2.05) is 85.3 Å². The minimum atomic E-state index is -1.10. The lowest BCUT2D eigenvalue weighted by molar-refractivity contribution is -0.139. The van der Waals surface area contributed by atoms with Gasteiger partial charge in [0.15, 0.2) is 0 Å². The number of aliphatic carboxylic acids is 1. The zero-order chi connectivity index (χ0) is 24.7. The van der Waals surface area contributed by atoms with Gasteiger partial charge in [0.05, 0.1) is 24.2 Å². The maximum atomic E-state index is 13.5. The number of hydrogen-bond donors (Lipinski definition) is 4. The summed E-state index contributed by atoms with van der Waals surface area (Å²) in [6, 6.07) is 19.0. The highest BCUT2D eigenvalue weighted by Crippen LogP contribution is 2.33. The fourth-order valence-corrected chi connectivity index (χ4v) is 4.17. The molecule has 2 atom stereocenters. The summed E-state index contributed by atoms with van der Waals surface area (Å²) in [5, 5.41) is 32.0. The molecule has 2 aromatic carbocycles. The van der Waals surface area contributed by atoms with Crippen molar-refractivity contribution in [3.05, 3.63) is 78.1 Å². The summed E-state index contributed by atoms with van der Waals surface area (Å²) in [5.74, 6) is -1.28. The van der Waals surface area contributed by atoms with Crippen molar-refractivity contribution in [2.75, 3.05) is 5.32 Å². The number of carboxylic acid groups (broad SMARTS) is 1. The van der Waals surface area contributed by atoms with Crippen LogP contribution in [0.3, 0.4) is 0 Å². The molecular formula is C27H32N2O5. The van der Waals surface area contributed by atoms with E-state index in [1.165, 1.54) is 0 Å². The number of hydrogen-bond acceptors (Lipinski definition) is 4. The van der Waals surface area contributed by atoms with E-state index in [0.717, 1.165) is 16.8 Å². The number of amides is 1. The van der Waals surface area contributed by atoms with Gasteiger partial charge in [-0.15, -0.1) is 0 Å². The average Bonchev–Trinajstić information content (AvgIpc) is 3.18. The SMILES string of the molecule is CC(C)c1c(C(=O)Nc2ccccc2)c(-c2ccccc2)cn1CCC(O)CC(O)CC(=O)O. The molecule has 34 heavy (non-hydrogen) atoms. The zero-order valence-corrected chi connectivity index (χ0v) is 19.5. The van der Waals surface area contributed by atoms with Gasteiger partial charge in [-0.3, -0.25) is 9.59 Å². The smallest absolute Gasteiger partial charge is 0.305 e. The topological polar surface area (TPSA) is 112 Å². The van der Waals surface area contributed by atoms with Crippen molar-refractivity contribution in [3.8, 4) is 11.1 Å². The summed E-state index contributed by atoms with van der Waals surface area (Å²) in [4.78, 5) is 24.2. The highest BCUT2D eigenvalue weighted by Gasteiger charge is 2.25. The number of carbonyl (C=O) groups is 2. The van der Waals surface area contributed by atoms with Crippen LogP contribution in [-0.4, -0.2) is 44.0 Å². The van der Waals surface area contributed by atoms with Crippen molar-refractivity contribution >= 4 is 17.6 Å². The molecule has 1 aromatic heterocycles. The van der Waals surface area contributed by atoms with Crippen LogP contribution in [-0.2, 0) is 11.3 Å². The van der Waals surface area contributed by atoms with Crippen LogP contribution >= 0.6 is 0 Å². The molecule has 0 saturated carbocycles. The van der Waals surface area contributed by atoms with E-state index in [2.05, 4.69) is 5.32 Å². The maximum Gasteiger partial charge on any atom is 0.305 e. The minimum Gasteiger partial charge on any atom is -0.481 e. The van der Waals surface area contributed by atoms with Crippen LogP contribution in [0.4, 0.5) is 5.69 Å². The lowest BCUT2D eigenvalue weighted by Gasteiger charge is -2.18. The van der Waals surface area contributed by atoms with Gasteiger partial charge in [-0.2, -0.15) is 0 Å². The van der Waals surface area contributed by atoms with Crippen LogP contribution in [0.2, 0.25) is 0 Å². The van der Waals surface area contributed by atoms with Gasteiger partial charge in [0.2, 0.25) is 0 Å². The highest BCUT2D eigenvalue weighted by molar-refractivity contribution is 6.10. The number of carbonyl (C=O) groups excluding carboxylic acids is 1. The number of para-hydroxylation sites is 1. The van der Waals surface area contributed by atoms with E-state index in [1.54, 1.807) is 0 Å². The van der Waals surface area contributed by atoms with Gasteiger partial charge in [-0.1, -0.05) is 62.4 Å². The number of carboxylic acids is 1. The van der Waals surface area contributed by atoms with Gasteiger partial charge >= 0.3 is 5.97 Å². The van der Waals surface area contributed by atoms with Crippen LogP contribution in [0.25, 0.3) is 11.1 Å². The number of nitrogens with zero attached hydrogens (tertiary/aromatic N) is 1. The molecule has 0 aliphatic heterocycles. The summed E-state index contributed by atoms with van der Waals surface area (Å²) in [6.45, 7) is 4.47. The summed E-state index contributed by atoms with van der Waals surface area (Å²) in [7, 11) is 0. The van der Waals surface area contributed by atoms with E-state index in [9.17, 15) is 19.8 Å². The molecule has 1 amide bonds. The van der Waals surface area contributed by atoms with Gasteiger partial charge in [0, 0.05) is 29.7 Å². The van der Waals surface area contributed by atoms with Crippen molar-refractivity contribution in [2.45, 2.75) is 57.8 Å². The molecule has 0 bridgehead atoms. The number of aliphatic hydroxyl groups is 2. The Morgan fingerprint density at radius 2 is 1.56 bits per heavy atom. The number of rotatable bonds is 11. The van der Waals surface area contributed by atoms with Crippen LogP contribution < -0.4 is 5.32 Å². The van der Waals surface area contributed by atoms with Gasteiger partial charge < -0.3 is 25.2 Å². The first-order chi connectivity index (χ1) is 16.3. The number of benzene rings is 2. The molecule has 4 N–H and O–H groups in total. The second-order valence-corrected chi connectivity index (χ2v) is 8.77. The number of aromatic nitrogens is 1. The lowest BCUT2D eigenvalue weighted by Crippen LogP contribution is -2.22. The second kappa shape index (κ2) is 11.6. The molecule has 0 fully saturated rings. The summed E-state index contributed by atoms with van der Waals surface area (Å²) in [6.07, 6.45) is -0.131. The molecule has 180 valence electrons. The number of aryl methyl sites for hydroxylation is 1. The van der Waals surface area contributed by atoms with Crippen LogP contribution in [0.15, 0.2) is 66.9 Å². The Hall–Kier alpha value is -3.42. The predicted octanol–water partition coefficient (Wildman–Crippen LogP) is 4.51. The Labute approximate surface area is 199 Å². The molecule has 1 heterocycles. The maximum absolute atomic E-state index is 13.5. The van der Waals surface area contributed by atoms with Crippen molar-refractivity contribution in [1.29, 1.82) is 0 Å². The standard InChI is InChI=1S/C27H32N2O5/c1-18(2)26-25(27(34)28-20-11-7-4-8-12-20)23(19-9-5-3-6-10-19)17-29(26)14-13-21(30)15-22(31)16-24(32)33/h3-12,17-18,21-22,30-31H,13-16H2,1-2H3,(H,28,34)(H,32,33). The molecule has 0 spiro atoms. The fourth-order valence-electron chi connectivity index (χ4n) is 4.17. The molecule has 0 radical (unpaired) electrons. The number of aliphatic hydroxyl groups excluding tert-OH is 2.